The Balaban J connectivity index is 1.33. The van der Waals surface area contributed by atoms with Gasteiger partial charge in [-0.3, -0.25) is 0 Å². The van der Waals surface area contributed by atoms with E-state index in [1.54, 1.807) is 13.0 Å². The molecule has 1 atom stereocenters. The Kier molecular flexibility index (Phi) is 10.5. The first-order valence-electron chi connectivity index (χ1n) is 15.0. The number of hydrogen-bond donors (Lipinski definition) is 0. The largest absolute Gasteiger partial charge is 0.386 e. The maximum Gasteiger partial charge on any atom is 0.386 e. The fourth-order valence-corrected chi connectivity index (χ4v) is 6.61. The van der Waals surface area contributed by atoms with E-state index < -0.39 is 23.6 Å². The minimum Gasteiger partial charge on any atom is -0.309 e. The van der Waals surface area contributed by atoms with Crippen LogP contribution in [0.3, 0.4) is 0 Å². The van der Waals surface area contributed by atoms with Crippen molar-refractivity contribution < 1.29 is 17.9 Å². The third kappa shape index (κ3) is 7.87. The highest BCUT2D eigenvalue weighted by molar-refractivity contribution is 5.30. The Hall–Kier alpha value is -2.33. The molecule has 0 N–H and O–H groups in total. The van der Waals surface area contributed by atoms with Gasteiger partial charge >= 0.3 is 6.11 Å². The van der Waals surface area contributed by atoms with Crippen molar-refractivity contribution in [2.45, 2.75) is 109 Å². The maximum absolute atomic E-state index is 15.1. The van der Waals surface area contributed by atoms with Crippen LogP contribution in [0.2, 0.25) is 0 Å². The zero-order chi connectivity index (χ0) is 27.8. The summed E-state index contributed by atoms with van der Waals surface area (Å²) in [7, 11) is 0. The van der Waals surface area contributed by atoms with E-state index in [4.69, 9.17) is 4.74 Å². The van der Waals surface area contributed by atoms with E-state index in [-0.39, 0.29) is 5.92 Å². The molecule has 39 heavy (non-hydrogen) atoms. The molecular weight excluding hydrogens is 493 g/mol. The summed E-state index contributed by atoms with van der Waals surface area (Å²) < 4.78 is 50.4. The molecule has 2 aromatic carbocycles. The summed E-state index contributed by atoms with van der Waals surface area (Å²) in [4.78, 5) is 0. The van der Waals surface area contributed by atoms with Crippen LogP contribution in [0.4, 0.5) is 13.2 Å². The summed E-state index contributed by atoms with van der Waals surface area (Å²) >= 11 is 0. The Morgan fingerprint density at radius 2 is 1.46 bits per heavy atom. The number of benzene rings is 2. The lowest BCUT2D eigenvalue weighted by molar-refractivity contribution is -0.273. The lowest BCUT2D eigenvalue weighted by Gasteiger charge is -2.29. The van der Waals surface area contributed by atoms with Crippen molar-refractivity contribution in [1.29, 1.82) is 0 Å². The van der Waals surface area contributed by atoms with Gasteiger partial charge in [0.1, 0.15) is 5.82 Å². The Bertz CT molecular complexity index is 1090. The molecule has 0 spiro atoms. The zero-order valence-corrected chi connectivity index (χ0v) is 23.9. The summed E-state index contributed by atoms with van der Waals surface area (Å²) in [6.07, 6.45) is 15.3. The molecule has 212 valence electrons. The fourth-order valence-electron chi connectivity index (χ4n) is 6.61. The van der Waals surface area contributed by atoms with Gasteiger partial charge in [0, 0.05) is 0 Å². The molecule has 2 saturated carbocycles. The number of ether oxygens (including phenoxy) is 1. The standard InChI is InChI=1S/C35H45F3O/c1-4-6-7-9-27-12-16-31(17-13-27)32-22-23-33(34(36)24-32)35(37,38)39-25(3)28-18-20-30(21-19-28)29-14-10-26(8-5-2)11-15-29/h4-6,8,18-27,29,31H,7,9-17H2,1-3H3/b6-4+,8-5+. The van der Waals surface area contributed by atoms with Gasteiger partial charge in [-0.15, -0.1) is 0 Å². The molecule has 2 aromatic rings. The second-order valence-corrected chi connectivity index (χ2v) is 11.7. The first-order valence-corrected chi connectivity index (χ1v) is 15.0. The van der Waals surface area contributed by atoms with Crippen LogP contribution in [-0.4, -0.2) is 0 Å². The van der Waals surface area contributed by atoms with Crippen molar-refractivity contribution >= 4 is 0 Å². The van der Waals surface area contributed by atoms with Crippen molar-refractivity contribution in [3.05, 3.63) is 94.8 Å². The average Bonchev–Trinajstić information content (AvgIpc) is 2.94. The highest BCUT2D eigenvalue weighted by atomic mass is 19.3. The van der Waals surface area contributed by atoms with Gasteiger partial charge in [0.2, 0.25) is 0 Å². The van der Waals surface area contributed by atoms with Gasteiger partial charge in [-0.1, -0.05) is 54.6 Å². The van der Waals surface area contributed by atoms with Crippen LogP contribution in [0.25, 0.3) is 0 Å². The summed E-state index contributed by atoms with van der Waals surface area (Å²) in [6, 6.07) is 12.0. The first kappa shape index (κ1) is 29.6. The number of alkyl halides is 2. The highest BCUT2D eigenvalue weighted by Crippen LogP contribution is 2.41. The van der Waals surface area contributed by atoms with Crippen LogP contribution < -0.4 is 0 Å². The molecule has 0 heterocycles. The monoisotopic (exact) mass is 538 g/mol. The molecule has 0 bridgehead atoms. The lowest BCUT2D eigenvalue weighted by Crippen LogP contribution is -2.22. The SMILES string of the molecule is C/C=C/CCC1CCC(c2ccc(C(F)(F)OC(C)c3ccc(C4CCC(/C=C/C)CC4)cc3)c(F)c2)CC1. The summed E-state index contributed by atoms with van der Waals surface area (Å²) in [6.45, 7) is 5.71. The first-order chi connectivity index (χ1) is 18.8. The van der Waals surface area contributed by atoms with Gasteiger partial charge in [-0.25, -0.2) is 4.39 Å². The zero-order valence-electron chi connectivity index (χ0n) is 23.9. The second-order valence-electron chi connectivity index (χ2n) is 11.7. The summed E-state index contributed by atoms with van der Waals surface area (Å²) in [5, 5.41) is 0. The van der Waals surface area contributed by atoms with E-state index in [1.165, 1.54) is 37.0 Å². The van der Waals surface area contributed by atoms with Gasteiger partial charge in [-0.2, -0.15) is 8.78 Å². The highest BCUT2D eigenvalue weighted by Gasteiger charge is 2.38. The van der Waals surface area contributed by atoms with E-state index in [9.17, 15) is 4.39 Å². The van der Waals surface area contributed by atoms with Crippen LogP contribution in [0, 0.1) is 17.7 Å². The summed E-state index contributed by atoms with van der Waals surface area (Å²) in [5.74, 6) is 1.23. The number of rotatable bonds is 10. The van der Waals surface area contributed by atoms with E-state index in [2.05, 4.69) is 31.2 Å². The Morgan fingerprint density at radius 3 is 2.08 bits per heavy atom. The van der Waals surface area contributed by atoms with Crippen molar-refractivity contribution in [3.8, 4) is 0 Å². The Labute approximate surface area is 233 Å². The predicted octanol–water partition coefficient (Wildman–Crippen LogP) is 11.1. The van der Waals surface area contributed by atoms with Crippen LogP contribution >= 0.6 is 0 Å². The number of hydrogen-bond acceptors (Lipinski definition) is 1. The molecule has 0 saturated heterocycles. The number of allylic oxidation sites excluding steroid dienone is 4. The molecule has 4 rings (SSSR count). The van der Waals surface area contributed by atoms with E-state index in [1.807, 2.05) is 31.2 Å². The molecule has 1 unspecified atom stereocenters. The normalized spacial score (nSPS) is 25.4. The molecule has 2 aliphatic carbocycles. The molecule has 0 aliphatic heterocycles. The second kappa shape index (κ2) is 13.8. The molecule has 0 amide bonds. The quantitative estimate of drug-likeness (QED) is 0.273. The lowest BCUT2D eigenvalue weighted by atomic mass is 9.77. The fraction of sp³-hybridized carbons (Fsp3) is 0.543. The predicted molar refractivity (Wildman–Crippen MR) is 154 cm³/mol. The minimum atomic E-state index is -3.71. The van der Waals surface area contributed by atoms with Crippen molar-refractivity contribution in [2.24, 2.45) is 11.8 Å². The van der Waals surface area contributed by atoms with Crippen LogP contribution in [0.1, 0.15) is 125 Å². The van der Waals surface area contributed by atoms with Crippen LogP contribution in [0.5, 0.6) is 0 Å². The molecule has 0 radical (unpaired) electrons. The molecular formula is C35H45F3O. The van der Waals surface area contributed by atoms with Gasteiger partial charge < -0.3 is 4.74 Å². The third-order valence-corrected chi connectivity index (χ3v) is 9.04. The molecule has 2 fully saturated rings. The average molecular weight is 539 g/mol. The van der Waals surface area contributed by atoms with E-state index in [0.717, 1.165) is 50.5 Å². The smallest absolute Gasteiger partial charge is 0.309 e. The van der Waals surface area contributed by atoms with Crippen molar-refractivity contribution in [1.82, 2.24) is 0 Å². The molecule has 2 aliphatic rings. The topological polar surface area (TPSA) is 9.23 Å². The maximum atomic E-state index is 15.1. The van der Waals surface area contributed by atoms with Crippen LogP contribution in [0.15, 0.2) is 66.8 Å². The van der Waals surface area contributed by atoms with Crippen molar-refractivity contribution in [3.63, 3.8) is 0 Å². The third-order valence-electron chi connectivity index (χ3n) is 9.04. The molecule has 4 heteroatoms. The van der Waals surface area contributed by atoms with Crippen molar-refractivity contribution in [2.75, 3.05) is 0 Å². The molecule has 0 aromatic heterocycles. The van der Waals surface area contributed by atoms with Gasteiger partial charge in [0.25, 0.3) is 0 Å². The van der Waals surface area contributed by atoms with Gasteiger partial charge in [0.15, 0.2) is 0 Å². The van der Waals surface area contributed by atoms with E-state index in [0.29, 0.717) is 23.3 Å². The molecule has 1 nitrogen and oxygen atoms in total. The summed E-state index contributed by atoms with van der Waals surface area (Å²) in [5.41, 5.74) is 2.06. The van der Waals surface area contributed by atoms with Gasteiger partial charge in [-0.05, 0) is 137 Å². The number of halogens is 3. The minimum absolute atomic E-state index is 0.233. The Morgan fingerprint density at radius 1 is 0.846 bits per heavy atom. The van der Waals surface area contributed by atoms with Crippen LogP contribution in [-0.2, 0) is 10.8 Å². The van der Waals surface area contributed by atoms with Gasteiger partial charge in [0.05, 0.1) is 11.7 Å². The van der Waals surface area contributed by atoms with E-state index >= 15 is 8.78 Å².